The summed E-state index contributed by atoms with van der Waals surface area (Å²) in [5.74, 6) is 0.554. The van der Waals surface area contributed by atoms with Gasteiger partial charge >= 0.3 is 5.97 Å². The minimum Gasteiger partial charge on any atom is -0.469 e. The third-order valence-corrected chi connectivity index (χ3v) is 2.01. The highest BCUT2D eigenvalue weighted by molar-refractivity contribution is 5.69. The van der Waals surface area contributed by atoms with E-state index < -0.39 is 0 Å². The van der Waals surface area contributed by atoms with Crippen molar-refractivity contribution in [1.29, 1.82) is 0 Å². The second-order valence-electron chi connectivity index (χ2n) is 3.42. The summed E-state index contributed by atoms with van der Waals surface area (Å²) in [5.41, 5.74) is 0. The van der Waals surface area contributed by atoms with Crippen molar-refractivity contribution >= 4 is 5.97 Å². The van der Waals surface area contributed by atoms with Crippen molar-refractivity contribution in [3.63, 3.8) is 0 Å². The summed E-state index contributed by atoms with van der Waals surface area (Å²) in [6, 6.07) is 0. The summed E-state index contributed by atoms with van der Waals surface area (Å²) in [5, 5.41) is 3.23. The fraction of sp³-hybridized carbons (Fsp3) is 0.900. The zero-order valence-electron chi connectivity index (χ0n) is 8.93. The van der Waals surface area contributed by atoms with Crippen molar-refractivity contribution in [1.82, 2.24) is 5.32 Å². The third-order valence-electron chi connectivity index (χ3n) is 2.01. The van der Waals surface area contributed by atoms with E-state index in [-0.39, 0.29) is 5.97 Å². The molecule has 0 fully saturated rings. The smallest absolute Gasteiger partial charge is 0.306 e. The third kappa shape index (κ3) is 7.78. The molecule has 0 aliphatic heterocycles. The number of ether oxygens (including phenoxy) is 1. The molecule has 3 heteroatoms. The van der Waals surface area contributed by atoms with Crippen LogP contribution in [-0.2, 0) is 9.53 Å². The molecule has 0 aliphatic carbocycles. The first kappa shape index (κ1) is 12.4. The van der Waals surface area contributed by atoms with Gasteiger partial charge in [0.05, 0.1) is 13.5 Å². The van der Waals surface area contributed by atoms with Gasteiger partial charge in [0.25, 0.3) is 0 Å². The number of nitrogens with one attached hydrogen (secondary N) is 1. The Kier molecular flexibility index (Phi) is 7.69. The van der Waals surface area contributed by atoms with Crippen molar-refractivity contribution in [3.05, 3.63) is 0 Å². The molecule has 0 spiro atoms. The predicted octanol–water partition coefficient (Wildman–Crippen LogP) is 1.58. The van der Waals surface area contributed by atoms with Crippen LogP contribution in [0.3, 0.4) is 0 Å². The van der Waals surface area contributed by atoms with Crippen LogP contribution < -0.4 is 5.32 Å². The van der Waals surface area contributed by atoms with Gasteiger partial charge in [-0.3, -0.25) is 4.79 Å². The molecular formula is C10H21NO2. The van der Waals surface area contributed by atoms with E-state index in [1.807, 2.05) is 0 Å². The van der Waals surface area contributed by atoms with Gasteiger partial charge in [0.15, 0.2) is 0 Å². The molecule has 0 rings (SSSR count). The lowest BCUT2D eigenvalue weighted by molar-refractivity contribution is -0.140. The number of carbonyl (C=O) groups excluding carboxylic acids is 1. The molecule has 0 aromatic carbocycles. The SMILES string of the molecule is CCCC(C)CNCCC(=O)OC. The quantitative estimate of drug-likeness (QED) is 0.485. The van der Waals surface area contributed by atoms with E-state index >= 15 is 0 Å². The zero-order chi connectivity index (χ0) is 10.1. The first-order valence-corrected chi connectivity index (χ1v) is 4.98. The van der Waals surface area contributed by atoms with Gasteiger partial charge in [0, 0.05) is 6.54 Å². The first-order valence-electron chi connectivity index (χ1n) is 4.98. The van der Waals surface area contributed by atoms with Crippen molar-refractivity contribution in [2.45, 2.75) is 33.1 Å². The Labute approximate surface area is 80.8 Å². The lowest BCUT2D eigenvalue weighted by atomic mass is 10.1. The van der Waals surface area contributed by atoms with Gasteiger partial charge < -0.3 is 10.1 Å². The van der Waals surface area contributed by atoms with Crippen LogP contribution in [0.4, 0.5) is 0 Å². The Balaban J connectivity index is 3.20. The van der Waals surface area contributed by atoms with E-state index in [0.717, 1.165) is 13.1 Å². The van der Waals surface area contributed by atoms with Gasteiger partial charge in [-0.1, -0.05) is 20.3 Å². The monoisotopic (exact) mass is 187 g/mol. The molecule has 3 nitrogen and oxygen atoms in total. The molecule has 0 aromatic rings. The highest BCUT2D eigenvalue weighted by Crippen LogP contribution is 2.02. The predicted molar refractivity (Wildman–Crippen MR) is 53.6 cm³/mol. The molecule has 1 N–H and O–H groups in total. The van der Waals surface area contributed by atoms with E-state index in [2.05, 4.69) is 23.9 Å². The molecule has 0 saturated heterocycles. The van der Waals surface area contributed by atoms with Crippen LogP contribution in [-0.4, -0.2) is 26.2 Å². The van der Waals surface area contributed by atoms with Crippen molar-refractivity contribution < 1.29 is 9.53 Å². The molecular weight excluding hydrogens is 166 g/mol. The summed E-state index contributed by atoms with van der Waals surface area (Å²) in [7, 11) is 1.42. The summed E-state index contributed by atoms with van der Waals surface area (Å²) < 4.78 is 4.53. The lowest BCUT2D eigenvalue weighted by Gasteiger charge is -2.10. The van der Waals surface area contributed by atoms with Gasteiger partial charge in [-0.2, -0.15) is 0 Å². The Hall–Kier alpha value is -0.570. The van der Waals surface area contributed by atoms with E-state index in [9.17, 15) is 4.79 Å². The first-order chi connectivity index (χ1) is 6.20. The van der Waals surface area contributed by atoms with Gasteiger partial charge in [0.1, 0.15) is 0 Å². The molecule has 78 valence electrons. The van der Waals surface area contributed by atoms with Crippen LogP contribution in [0.25, 0.3) is 0 Å². The lowest BCUT2D eigenvalue weighted by Crippen LogP contribution is -2.24. The highest BCUT2D eigenvalue weighted by atomic mass is 16.5. The fourth-order valence-electron chi connectivity index (χ4n) is 1.24. The van der Waals surface area contributed by atoms with Crippen LogP contribution in [0.2, 0.25) is 0 Å². The Morgan fingerprint density at radius 2 is 2.23 bits per heavy atom. The highest BCUT2D eigenvalue weighted by Gasteiger charge is 2.01. The number of esters is 1. The second-order valence-corrected chi connectivity index (χ2v) is 3.42. The van der Waals surface area contributed by atoms with Crippen LogP contribution in [0.5, 0.6) is 0 Å². The van der Waals surface area contributed by atoms with E-state index in [1.54, 1.807) is 0 Å². The van der Waals surface area contributed by atoms with Crippen LogP contribution >= 0.6 is 0 Å². The molecule has 0 radical (unpaired) electrons. The maximum absolute atomic E-state index is 10.7. The number of hydrogen-bond donors (Lipinski definition) is 1. The second kappa shape index (κ2) is 8.05. The molecule has 0 bridgehead atoms. The normalized spacial score (nSPS) is 12.5. The minimum absolute atomic E-state index is 0.143. The van der Waals surface area contributed by atoms with Gasteiger partial charge in [-0.05, 0) is 18.9 Å². The van der Waals surface area contributed by atoms with Crippen molar-refractivity contribution in [3.8, 4) is 0 Å². The van der Waals surface area contributed by atoms with Crippen molar-refractivity contribution in [2.24, 2.45) is 5.92 Å². The van der Waals surface area contributed by atoms with E-state index in [0.29, 0.717) is 12.3 Å². The Morgan fingerprint density at radius 1 is 1.54 bits per heavy atom. The van der Waals surface area contributed by atoms with Crippen LogP contribution in [0, 0.1) is 5.92 Å². The number of methoxy groups -OCH3 is 1. The van der Waals surface area contributed by atoms with Crippen LogP contribution in [0.1, 0.15) is 33.1 Å². The summed E-state index contributed by atoms with van der Waals surface area (Å²) in [6.45, 7) is 6.12. The number of hydrogen-bond acceptors (Lipinski definition) is 3. The molecule has 0 saturated carbocycles. The maximum Gasteiger partial charge on any atom is 0.306 e. The fourth-order valence-corrected chi connectivity index (χ4v) is 1.24. The average molecular weight is 187 g/mol. The van der Waals surface area contributed by atoms with E-state index in [4.69, 9.17) is 0 Å². The molecule has 1 atom stereocenters. The molecule has 0 aliphatic rings. The number of rotatable bonds is 7. The number of carbonyl (C=O) groups is 1. The van der Waals surface area contributed by atoms with Gasteiger partial charge in [0.2, 0.25) is 0 Å². The minimum atomic E-state index is -0.143. The van der Waals surface area contributed by atoms with Gasteiger partial charge in [-0.25, -0.2) is 0 Å². The maximum atomic E-state index is 10.7. The van der Waals surface area contributed by atoms with Crippen molar-refractivity contribution in [2.75, 3.05) is 20.2 Å². The van der Waals surface area contributed by atoms with E-state index in [1.165, 1.54) is 20.0 Å². The average Bonchev–Trinajstić information content (AvgIpc) is 2.12. The molecule has 0 amide bonds. The molecule has 1 unspecified atom stereocenters. The van der Waals surface area contributed by atoms with Gasteiger partial charge in [-0.15, -0.1) is 0 Å². The molecule has 0 aromatic heterocycles. The Bertz CT molecular complexity index is 137. The molecule has 0 heterocycles. The Morgan fingerprint density at radius 3 is 2.77 bits per heavy atom. The van der Waals surface area contributed by atoms with Crippen LogP contribution in [0.15, 0.2) is 0 Å². The summed E-state index contributed by atoms with van der Waals surface area (Å²) in [6.07, 6.45) is 2.93. The molecule has 13 heavy (non-hydrogen) atoms. The summed E-state index contributed by atoms with van der Waals surface area (Å²) in [4.78, 5) is 10.7. The standard InChI is InChI=1S/C10H21NO2/c1-4-5-9(2)8-11-7-6-10(12)13-3/h9,11H,4-8H2,1-3H3. The zero-order valence-corrected chi connectivity index (χ0v) is 8.93. The largest absolute Gasteiger partial charge is 0.469 e. The topological polar surface area (TPSA) is 38.3 Å². The summed E-state index contributed by atoms with van der Waals surface area (Å²) >= 11 is 0.